The molecule has 0 aliphatic carbocycles. The van der Waals surface area contributed by atoms with Crippen molar-refractivity contribution in [1.82, 2.24) is 0 Å². The number of hydrogen-bond donors (Lipinski definition) is 2. The van der Waals surface area contributed by atoms with Crippen LogP contribution in [0.5, 0.6) is 11.5 Å². The Morgan fingerprint density at radius 1 is 1.05 bits per heavy atom. The van der Waals surface area contributed by atoms with Crippen molar-refractivity contribution >= 4 is 32.4 Å². The summed E-state index contributed by atoms with van der Waals surface area (Å²) >= 11 is 1.57. The van der Waals surface area contributed by atoms with Crippen molar-refractivity contribution in [3.63, 3.8) is 0 Å². The zero-order chi connectivity index (χ0) is 15.3. The average Bonchev–Trinajstić information content (AvgIpc) is 2.89. The van der Waals surface area contributed by atoms with Crippen molar-refractivity contribution in [3.8, 4) is 22.8 Å². The Labute approximate surface area is 128 Å². The minimum atomic E-state index is -0.343. The molecule has 0 aliphatic rings. The van der Waals surface area contributed by atoms with Crippen molar-refractivity contribution in [3.05, 3.63) is 58.1 Å². The van der Waals surface area contributed by atoms with E-state index in [1.165, 1.54) is 12.1 Å². The van der Waals surface area contributed by atoms with Gasteiger partial charge in [-0.3, -0.25) is 4.79 Å². The third-order valence-electron chi connectivity index (χ3n) is 3.54. The van der Waals surface area contributed by atoms with E-state index in [9.17, 15) is 15.0 Å². The van der Waals surface area contributed by atoms with Crippen molar-refractivity contribution < 1.29 is 14.6 Å². The summed E-state index contributed by atoms with van der Waals surface area (Å²) in [4.78, 5) is 12.3. The molecule has 108 valence electrons. The lowest BCUT2D eigenvalue weighted by atomic mass is 10.1. The molecule has 2 heterocycles. The van der Waals surface area contributed by atoms with Crippen LogP contribution >= 0.6 is 11.3 Å². The maximum Gasteiger partial charge on any atom is 0.197 e. The van der Waals surface area contributed by atoms with E-state index < -0.39 is 0 Å². The summed E-state index contributed by atoms with van der Waals surface area (Å²) in [7, 11) is 0. The minimum absolute atomic E-state index is 0.0704. The summed E-state index contributed by atoms with van der Waals surface area (Å²) < 4.78 is 6.84. The predicted molar refractivity (Wildman–Crippen MR) is 86.6 cm³/mol. The van der Waals surface area contributed by atoms with Gasteiger partial charge in [0.25, 0.3) is 0 Å². The van der Waals surface area contributed by atoms with Crippen molar-refractivity contribution in [2.45, 2.75) is 0 Å². The molecule has 0 spiro atoms. The maximum atomic E-state index is 12.3. The average molecular weight is 310 g/mol. The molecule has 4 aromatic rings. The number of hydrogen-bond acceptors (Lipinski definition) is 5. The van der Waals surface area contributed by atoms with Crippen LogP contribution in [0.25, 0.3) is 32.4 Å². The molecule has 0 unspecified atom stereocenters. The summed E-state index contributed by atoms with van der Waals surface area (Å²) in [6, 6.07) is 11.7. The second-order valence-electron chi connectivity index (χ2n) is 4.96. The first-order valence-electron chi connectivity index (χ1n) is 6.60. The fraction of sp³-hybridized carbons (Fsp3) is 0. The lowest BCUT2D eigenvalue weighted by Gasteiger charge is -2.04. The van der Waals surface area contributed by atoms with E-state index in [2.05, 4.69) is 0 Å². The molecule has 0 fully saturated rings. The molecule has 0 amide bonds. The van der Waals surface area contributed by atoms with E-state index >= 15 is 0 Å². The first-order valence-corrected chi connectivity index (χ1v) is 7.48. The standard InChI is InChI=1S/C17H10O4S/c18-9-5-12(19)17-13(20)7-14(21-15(17)6-9)11-8-22-16-4-2-1-3-10(11)16/h1-8,18-19H. The Kier molecular flexibility index (Phi) is 2.71. The van der Waals surface area contributed by atoms with Crippen LogP contribution in [0.1, 0.15) is 0 Å². The van der Waals surface area contributed by atoms with Crippen LogP contribution in [0.4, 0.5) is 0 Å². The van der Waals surface area contributed by atoms with Crippen molar-refractivity contribution in [2.75, 3.05) is 0 Å². The number of rotatable bonds is 1. The number of aromatic hydroxyl groups is 2. The highest BCUT2D eigenvalue weighted by atomic mass is 32.1. The van der Waals surface area contributed by atoms with Crippen LogP contribution in [0.15, 0.2) is 57.1 Å². The van der Waals surface area contributed by atoms with Crippen LogP contribution in [0, 0.1) is 0 Å². The summed E-state index contributed by atoms with van der Waals surface area (Å²) in [5, 5.41) is 22.4. The maximum absolute atomic E-state index is 12.3. The highest BCUT2D eigenvalue weighted by molar-refractivity contribution is 7.17. The Morgan fingerprint density at radius 3 is 2.73 bits per heavy atom. The first-order chi connectivity index (χ1) is 10.6. The molecule has 2 aromatic carbocycles. The fourth-order valence-corrected chi connectivity index (χ4v) is 3.51. The fourth-order valence-electron chi connectivity index (χ4n) is 2.56. The lowest BCUT2D eigenvalue weighted by molar-refractivity contribution is 0.452. The zero-order valence-corrected chi connectivity index (χ0v) is 12.1. The molecule has 4 nitrogen and oxygen atoms in total. The van der Waals surface area contributed by atoms with Gasteiger partial charge in [0.2, 0.25) is 0 Å². The Hall–Kier alpha value is -2.79. The number of phenolic OH excluding ortho intramolecular Hbond substituents is 2. The van der Waals surface area contributed by atoms with E-state index in [0.717, 1.165) is 21.7 Å². The molecule has 5 heteroatoms. The molecule has 0 saturated carbocycles. The van der Waals surface area contributed by atoms with E-state index in [0.29, 0.717) is 5.76 Å². The van der Waals surface area contributed by atoms with E-state index in [-0.39, 0.29) is 27.9 Å². The molecule has 0 radical (unpaired) electrons. The number of thiophene rings is 1. The van der Waals surface area contributed by atoms with Crippen LogP contribution in [0.2, 0.25) is 0 Å². The van der Waals surface area contributed by atoms with Crippen LogP contribution in [0.3, 0.4) is 0 Å². The van der Waals surface area contributed by atoms with Gasteiger partial charge in [0.05, 0.1) is 0 Å². The third-order valence-corrected chi connectivity index (χ3v) is 4.50. The van der Waals surface area contributed by atoms with Gasteiger partial charge in [-0.25, -0.2) is 0 Å². The molecule has 0 bridgehead atoms. The predicted octanol–water partition coefficient (Wildman–Crippen LogP) is 4.09. The van der Waals surface area contributed by atoms with Gasteiger partial charge in [0.15, 0.2) is 5.43 Å². The summed E-state index contributed by atoms with van der Waals surface area (Å²) in [5.74, 6) is -0.0223. The van der Waals surface area contributed by atoms with Gasteiger partial charge in [-0.2, -0.15) is 0 Å². The molecule has 0 aliphatic heterocycles. The second-order valence-corrected chi connectivity index (χ2v) is 5.87. The Bertz CT molecular complexity index is 1080. The van der Waals surface area contributed by atoms with Gasteiger partial charge in [0.1, 0.15) is 28.2 Å². The van der Waals surface area contributed by atoms with E-state index in [1.807, 2.05) is 29.6 Å². The first kappa shape index (κ1) is 12.9. The molecular formula is C17H10O4S. The van der Waals surface area contributed by atoms with Crippen molar-refractivity contribution in [2.24, 2.45) is 0 Å². The van der Waals surface area contributed by atoms with Crippen LogP contribution in [-0.2, 0) is 0 Å². The third kappa shape index (κ3) is 1.87. The number of phenols is 2. The van der Waals surface area contributed by atoms with Gasteiger partial charge in [-0.05, 0) is 6.07 Å². The quantitative estimate of drug-likeness (QED) is 0.555. The van der Waals surface area contributed by atoms with Gasteiger partial charge in [-0.15, -0.1) is 11.3 Å². The van der Waals surface area contributed by atoms with Gasteiger partial charge in [0, 0.05) is 39.2 Å². The smallest absolute Gasteiger partial charge is 0.197 e. The van der Waals surface area contributed by atoms with E-state index in [4.69, 9.17) is 4.42 Å². The summed E-state index contributed by atoms with van der Waals surface area (Å²) in [5.41, 5.74) is 0.641. The molecule has 2 aromatic heterocycles. The van der Waals surface area contributed by atoms with Gasteiger partial charge in [-0.1, -0.05) is 18.2 Å². The summed E-state index contributed by atoms with van der Waals surface area (Å²) in [6.45, 7) is 0. The molecular weight excluding hydrogens is 300 g/mol. The Morgan fingerprint density at radius 2 is 1.86 bits per heavy atom. The lowest BCUT2D eigenvalue weighted by Crippen LogP contribution is -2.00. The molecule has 0 atom stereocenters. The monoisotopic (exact) mass is 310 g/mol. The van der Waals surface area contributed by atoms with Crippen molar-refractivity contribution in [1.29, 1.82) is 0 Å². The van der Waals surface area contributed by atoms with Gasteiger partial charge >= 0.3 is 0 Å². The van der Waals surface area contributed by atoms with E-state index in [1.54, 1.807) is 11.3 Å². The highest BCUT2D eigenvalue weighted by Gasteiger charge is 2.14. The minimum Gasteiger partial charge on any atom is -0.508 e. The molecule has 4 rings (SSSR count). The molecule has 22 heavy (non-hydrogen) atoms. The SMILES string of the molecule is O=c1cc(-c2csc3ccccc23)oc2cc(O)cc(O)c12. The summed E-state index contributed by atoms with van der Waals surface area (Å²) in [6.07, 6.45) is 0. The molecule has 0 saturated heterocycles. The second kappa shape index (κ2) is 4.61. The molecule has 2 N–H and O–H groups in total. The largest absolute Gasteiger partial charge is 0.508 e. The van der Waals surface area contributed by atoms with Crippen LogP contribution < -0.4 is 5.43 Å². The topological polar surface area (TPSA) is 70.7 Å². The van der Waals surface area contributed by atoms with Gasteiger partial charge < -0.3 is 14.6 Å². The number of fused-ring (bicyclic) bond motifs is 2. The van der Waals surface area contributed by atoms with Crippen LogP contribution in [-0.4, -0.2) is 10.2 Å². The highest BCUT2D eigenvalue weighted by Crippen LogP contribution is 2.36. The normalized spacial score (nSPS) is 11.3. The number of benzene rings is 2. The zero-order valence-electron chi connectivity index (χ0n) is 11.2. The Balaban J connectivity index is 2.06.